The number of hydrogen-bond donors (Lipinski definition) is 3. The maximum absolute atomic E-state index is 11.9. The molecule has 0 spiro atoms. The topological polar surface area (TPSA) is 102 Å². The lowest BCUT2D eigenvalue weighted by molar-refractivity contribution is -0.129. The van der Waals surface area contributed by atoms with Crippen LogP contribution in [0.3, 0.4) is 0 Å². The molecule has 0 radical (unpaired) electrons. The van der Waals surface area contributed by atoms with Crippen molar-refractivity contribution < 1.29 is 9.53 Å². The number of aromatic nitrogens is 2. The highest BCUT2D eigenvalue weighted by Crippen LogP contribution is 2.35. The number of fused-ring (bicyclic) bond motifs is 1. The molecule has 0 bridgehead atoms. The first kappa shape index (κ1) is 13.2. The minimum absolute atomic E-state index is 0.182. The van der Waals surface area contributed by atoms with E-state index in [9.17, 15) is 4.79 Å². The van der Waals surface area contributed by atoms with Crippen LogP contribution >= 0.6 is 0 Å². The van der Waals surface area contributed by atoms with Crippen LogP contribution in [-0.2, 0) is 4.79 Å². The van der Waals surface area contributed by atoms with Crippen LogP contribution in [0.2, 0.25) is 0 Å². The van der Waals surface area contributed by atoms with Gasteiger partial charge in [0.2, 0.25) is 5.95 Å². The maximum Gasteiger partial charge on any atom is 0.268 e. The number of amides is 1. The van der Waals surface area contributed by atoms with Gasteiger partial charge in [-0.25, -0.2) is 4.98 Å². The number of hydrogen-bond acceptors (Lipinski definition) is 6. The molecule has 0 atom stereocenters. The van der Waals surface area contributed by atoms with Crippen molar-refractivity contribution in [2.45, 2.75) is 19.4 Å². The van der Waals surface area contributed by atoms with Crippen molar-refractivity contribution in [3.8, 4) is 5.75 Å². The average molecular weight is 285 g/mol. The van der Waals surface area contributed by atoms with Crippen LogP contribution < -0.4 is 21.1 Å². The molecule has 4 N–H and O–H groups in total. The normalized spacial score (nSPS) is 15.6. The Bertz CT molecular complexity index is 714. The van der Waals surface area contributed by atoms with Gasteiger partial charge in [-0.2, -0.15) is 4.98 Å². The van der Waals surface area contributed by atoms with E-state index < -0.39 is 5.60 Å². The molecule has 0 saturated heterocycles. The summed E-state index contributed by atoms with van der Waals surface area (Å²) >= 11 is 0. The van der Waals surface area contributed by atoms with Crippen molar-refractivity contribution in [1.82, 2.24) is 9.97 Å². The van der Waals surface area contributed by atoms with E-state index in [2.05, 4.69) is 20.6 Å². The van der Waals surface area contributed by atoms with E-state index in [0.717, 1.165) is 5.69 Å². The van der Waals surface area contributed by atoms with Gasteiger partial charge in [0.05, 0.1) is 5.69 Å². The van der Waals surface area contributed by atoms with Crippen LogP contribution in [0.25, 0.3) is 0 Å². The fourth-order valence-corrected chi connectivity index (χ4v) is 1.98. The second-order valence-electron chi connectivity index (χ2n) is 5.20. The number of carbonyl (C=O) groups is 1. The fourth-order valence-electron chi connectivity index (χ4n) is 1.98. The molecule has 7 heteroatoms. The minimum atomic E-state index is -0.872. The summed E-state index contributed by atoms with van der Waals surface area (Å²) in [6.07, 6.45) is 1.57. The SMILES string of the molecule is CC1(C)Oc2ccc(Nc3ccnc(N)n3)cc2NC1=O. The molecule has 7 nitrogen and oxygen atoms in total. The number of nitrogens with two attached hydrogens (primary N) is 1. The molecule has 1 amide bonds. The van der Waals surface area contributed by atoms with Crippen LogP contribution in [-0.4, -0.2) is 21.5 Å². The lowest BCUT2D eigenvalue weighted by Crippen LogP contribution is -2.45. The fraction of sp³-hybridized carbons (Fsp3) is 0.214. The van der Waals surface area contributed by atoms with E-state index in [1.54, 1.807) is 38.2 Å². The van der Waals surface area contributed by atoms with Crippen molar-refractivity contribution >= 4 is 29.0 Å². The molecule has 3 rings (SSSR count). The standard InChI is InChI=1S/C14H15N5O2/c1-14(2)12(20)18-9-7-8(3-4-10(9)21-14)17-11-5-6-16-13(15)19-11/h3-7H,1-2H3,(H,18,20)(H3,15,16,17,19). The quantitative estimate of drug-likeness (QED) is 0.779. The van der Waals surface area contributed by atoms with Crippen molar-refractivity contribution in [3.63, 3.8) is 0 Å². The number of nitrogens with zero attached hydrogens (tertiary/aromatic N) is 2. The average Bonchev–Trinajstić information content (AvgIpc) is 2.40. The molecule has 108 valence electrons. The molecule has 0 saturated carbocycles. The third kappa shape index (κ3) is 2.58. The van der Waals surface area contributed by atoms with Gasteiger partial charge in [0.15, 0.2) is 5.60 Å². The lowest BCUT2D eigenvalue weighted by atomic mass is 10.1. The van der Waals surface area contributed by atoms with Gasteiger partial charge < -0.3 is 21.1 Å². The highest BCUT2D eigenvalue weighted by Gasteiger charge is 2.35. The molecule has 2 heterocycles. The number of ether oxygens (including phenoxy) is 1. The van der Waals surface area contributed by atoms with E-state index in [4.69, 9.17) is 10.5 Å². The first-order valence-electron chi connectivity index (χ1n) is 6.44. The van der Waals surface area contributed by atoms with E-state index in [-0.39, 0.29) is 11.9 Å². The first-order valence-corrected chi connectivity index (χ1v) is 6.44. The number of benzene rings is 1. The summed E-state index contributed by atoms with van der Waals surface area (Å²) in [7, 11) is 0. The summed E-state index contributed by atoms with van der Waals surface area (Å²) in [5, 5.41) is 5.92. The monoisotopic (exact) mass is 285 g/mol. The Morgan fingerprint density at radius 2 is 2.14 bits per heavy atom. The molecule has 1 aromatic heterocycles. The smallest absolute Gasteiger partial charge is 0.268 e. The summed E-state index contributed by atoms with van der Waals surface area (Å²) in [6.45, 7) is 3.45. The summed E-state index contributed by atoms with van der Waals surface area (Å²) in [5.41, 5.74) is 6.04. The first-order chi connectivity index (χ1) is 9.94. The molecule has 1 aliphatic heterocycles. The van der Waals surface area contributed by atoms with Crippen molar-refractivity contribution in [3.05, 3.63) is 30.5 Å². The van der Waals surface area contributed by atoms with Crippen LogP contribution in [0.15, 0.2) is 30.5 Å². The molecular weight excluding hydrogens is 270 g/mol. The number of nitrogens with one attached hydrogen (secondary N) is 2. The van der Waals surface area contributed by atoms with Crippen LogP contribution in [0.4, 0.5) is 23.1 Å². The number of carbonyl (C=O) groups excluding carboxylic acids is 1. The van der Waals surface area contributed by atoms with Gasteiger partial charge in [-0.05, 0) is 38.1 Å². The summed E-state index contributed by atoms with van der Waals surface area (Å²) < 4.78 is 5.67. The number of nitrogen functional groups attached to an aromatic ring is 1. The highest BCUT2D eigenvalue weighted by molar-refractivity contribution is 6.00. The number of anilines is 4. The zero-order valence-corrected chi connectivity index (χ0v) is 11.7. The Morgan fingerprint density at radius 3 is 2.90 bits per heavy atom. The van der Waals surface area contributed by atoms with Crippen LogP contribution in [0.1, 0.15) is 13.8 Å². The third-order valence-corrected chi connectivity index (χ3v) is 3.09. The predicted octanol–water partition coefficient (Wildman–Crippen LogP) is 1.91. The second-order valence-corrected chi connectivity index (χ2v) is 5.20. The van der Waals surface area contributed by atoms with E-state index in [1.165, 1.54) is 0 Å². The van der Waals surface area contributed by atoms with Gasteiger partial charge in [-0.15, -0.1) is 0 Å². The maximum atomic E-state index is 11.9. The zero-order chi connectivity index (χ0) is 15.0. The number of rotatable bonds is 2. The zero-order valence-electron chi connectivity index (χ0n) is 11.7. The van der Waals surface area contributed by atoms with Gasteiger partial charge in [0, 0.05) is 11.9 Å². The molecule has 21 heavy (non-hydrogen) atoms. The molecular formula is C14H15N5O2. The van der Waals surface area contributed by atoms with Crippen LogP contribution in [0.5, 0.6) is 5.75 Å². The summed E-state index contributed by atoms with van der Waals surface area (Å²) in [5.74, 6) is 1.22. The van der Waals surface area contributed by atoms with Gasteiger partial charge >= 0.3 is 0 Å². The highest BCUT2D eigenvalue weighted by atomic mass is 16.5. The summed E-state index contributed by atoms with van der Waals surface area (Å²) in [4.78, 5) is 19.8. The van der Waals surface area contributed by atoms with Crippen molar-refractivity contribution in [2.75, 3.05) is 16.4 Å². The van der Waals surface area contributed by atoms with Crippen LogP contribution in [0, 0.1) is 0 Å². The van der Waals surface area contributed by atoms with Gasteiger partial charge in [0.25, 0.3) is 5.91 Å². The van der Waals surface area contributed by atoms with Crippen molar-refractivity contribution in [2.24, 2.45) is 0 Å². The molecule has 2 aromatic rings. The van der Waals surface area contributed by atoms with Gasteiger partial charge in [-0.3, -0.25) is 4.79 Å². The Kier molecular flexibility index (Phi) is 2.90. The Balaban J connectivity index is 1.87. The van der Waals surface area contributed by atoms with Gasteiger partial charge in [0.1, 0.15) is 11.6 Å². The molecule has 0 unspecified atom stereocenters. The largest absolute Gasteiger partial charge is 0.476 e. The Morgan fingerprint density at radius 1 is 1.33 bits per heavy atom. The van der Waals surface area contributed by atoms with Crippen molar-refractivity contribution in [1.29, 1.82) is 0 Å². The Labute approximate surface area is 121 Å². The van der Waals surface area contributed by atoms with E-state index in [0.29, 0.717) is 17.3 Å². The molecule has 0 fully saturated rings. The second kappa shape index (κ2) is 4.62. The minimum Gasteiger partial charge on any atom is -0.476 e. The lowest BCUT2D eigenvalue weighted by Gasteiger charge is -2.31. The predicted molar refractivity (Wildman–Crippen MR) is 79.5 cm³/mol. The summed E-state index contributed by atoms with van der Waals surface area (Å²) in [6, 6.07) is 7.11. The van der Waals surface area contributed by atoms with E-state index >= 15 is 0 Å². The Hall–Kier alpha value is -2.83. The molecule has 1 aliphatic rings. The van der Waals surface area contributed by atoms with Gasteiger partial charge in [-0.1, -0.05) is 0 Å². The molecule has 1 aromatic carbocycles. The molecule has 0 aliphatic carbocycles. The van der Waals surface area contributed by atoms with E-state index in [1.807, 2.05) is 6.07 Å². The third-order valence-electron chi connectivity index (χ3n) is 3.09.